The van der Waals surface area contributed by atoms with Crippen molar-refractivity contribution < 1.29 is 9.84 Å². The molecule has 0 aromatic rings. The van der Waals surface area contributed by atoms with Crippen LogP contribution in [0.25, 0.3) is 0 Å². The lowest BCUT2D eigenvalue weighted by Crippen LogP contribution is -2.35. The topological polar surface area (TPSA) is 41.5 Å². The Bertz CT molecular complexity index is 158. The van der Waals surface area contributed by atoms with Gasteiger partial charge in [0.15, 0.2) is 0 Å². The molecule has 16 heavy (non-hydrogen) atoms. The second-order valence-corrected chi connectivity index (χ2v) is 4.85. The molecule has 0 aromatic carbocycles. The van der Waals surface area contributed by atoms with E-state index in [1.165, 1.54) is 25.7 Å². The molecule has 1 unspecified atom stereocenters. The maximum Gasteiger partial charge on any atom is 0.0620 e. The van der Waals surface area contributed by atoms with Gasteiger partial charge < -0.3 is 15.2 Å². The molecule has 0 bridgehead atoms. The van der Waals surface area contributed by atoms with Gasteiger partial charge >= 0.3 is 0 Å². The molecule has 0 heterocycles. The number of aliphatic hydroxyl groups is 1. The first-order valence-electron chi connectivity index (χ1n) is 6.78. The lowest BCUT2D eigenvalue weighted by Gasteiger charge is -2.18. The molecule has 0 saturated heterocycles. The maximum atomic E-state index is 8.95. The molecule has 3 heteroatoms. The van der Waals surface area contributed by atoms with Gasteiger partial charge in [-0.1, -0.05) is 19.8 Å². The van der Waals surface area contributed by atoms with Crippen LogP contribution in [0.4, 0.5) is 0 Å². The third-order valence-corrected chi connectivity index (χ3v) is 3.31. The summed E-state index contributed by atoms with van der Waals surface area (Å²) in [6.07, 6.45) is 7.36. The van der Waals surface area contributed by atoms with Crippen LogP contribution in [0.5, 0.6) is 0 Å². The van der Waals surface area contributed by atoms with Crippen molar-refractivity contribution in [3.8, 4) is 0 Å². The molecule has 1 fully saturated rings. The van der Waals surface area contributed by atoms with Gasteiger partial charge in [0.1, 0.15) is 0 Å². The van der Waals surface area contributed by atoms with Crippen LogP contribution in [0, 0.1) is 5.92 Å². The number of aliphatic hydroxyl groups excluding tert-OH is 1. The average Bonchev–Trinajstić information content (AvgIpc) is 2.79. The zero-order valence-electron chi connectivity index (χ0n) is 10.6. The van der Waals surface area contributed by atoms with Crippen molar-refractivity contribution in [2.75, 3.05) is 26.4 Å². The molecular weight excluding hydrogens is 202 g/mol. The molecule has 2 N–H and O–H groups in total. The van der Waals surface area contributed by atoms with Crippen molar-refractivity contribution in [2.24, 2.45) is 5.92 Å². The maximum absolute atomic E-state index is 8.95. The van der Waals surface area contributed by atoms with Gasteiger partial charge in [-0.2, -0.15) is 0 Å². The van der Waals surface area contributed by atoms with E-state index in [0.29, 0.717) is 6.04 Å². The zero-order valence-corrected chi connectivity index (χ0v) is 10.6. The second-order valence-electron chi connectivity index (χ2n) is 4.85. The third kappa shape index (κ3) is 5.83. The largest absolute Gasteiger partial charge is 0.396 e. The zero-order chi connectivity index (χ0) is 11.6. The van der Waals surface area contributed by atoms with Gasteiger partial charge in [-0.3, -0.25) is 0 Å². The number of ether oxygens (including phenoxy) is 1. The molecule has 1 aliphatic rings. The van der Waals surface area contributed by atoms with E-state index in [2.05, 4.69) is 12.2 Å². The van der Waals surface area contributed by atoms with E-state index in [9.17, 15) is 0 Å². The van der Waals surface area contributed by atoms with Gasteiger partial charge in [0.05, 0.1) is 6.61 Å². The van der Waals surface area contributed by atoms with Crippen molar-refractivity contribution in [3.05, 3.63) is 0 Å². The highest BCUT2D eigenvalue weighted by atomic mass is 16.5. The van der Waals surface area contributed by atoms with Crippen LogP contribution in [-0.4, -0.2) is 37.5 Å². The molecule has 1 rings (SSSR count). The van der Waals surface area contributed by atoms with Crippen LogP contribution in [0.2, 0.25) is 0 Å². The molecule has 96 valence electrons. The molecule has 3 nitrogen and oxygen atoms in total. The fraction of sp³-hybridized carbons (Fsp3) is 1.00. The first-order chi connectivity index (χ1) is 7.86. The number of rotatable bonds is 9. The summed E-state index contributed by atoms with van der Waals surface area (Å²) in [5.74, 6) is 0.793. The highest BCUT2D eigenvalue weighted by Crippen LogP contribution is 2.24. The van der Waals surface area contributed by atoms with E-state index in [0.717, 1.165) is 38.5 Å². The summed E-state index contributed by atoms with van der Waals surface area (Å²) in [7, 11) is 0. The minimum atomic E-state index is 0.244. The van der Waals surface area contributed by atoms with Crippen molar-refractivity contribution >= 4 is 0 Å². The second kappa shape index (κ2) is 8.97. The molecule has 1 saturated carbocycles. The van der Waals surface area contributed by atoms with E-state index < -0.39 is 0 Å². The highest BCUT2D eigenvalue weighted by molar-refractivity contribution is 4.69. The van der Waals surface area contributed by atoms with Gasteiger partial charge in [0.25, 0.3) is 0 Å². The van der Waals surface area contributed by atoms with Crippen LogP contribution in [0.3, 0.4) is 0 Å². The van der Waals surface area contributed by atoms with Crippen molar-refractivity contribution in [3.63, 3.8) is 0 Å². The molecule has 0 aliphatic heterocycles. The van der Waals surface area contributed by atoms with Crippen LogP contribution in [0.1, 0.15) is 45.4 Å². The molecule has 0 aromatic heterocycles. The summed E-state index contributed by atoms with van der Waals surface area (Å²) in [4.78, 5) is 0. The van der Waals surface area contributed by atoms with E-state index in [-0.39, 0.29) is 6.61 Å². The first kappa shape index (κ1) is 13.9. The summed E-state index contributed by atoms with van der Waals surface area (Å²) >= 11 is 0. The summed E-state index contributed by atoms with van der Waals surface area (Å²) in [6.45, 7) is 5.07. The predicted octanol–water partition coefficient (Wildman–Crippen LogP) is 1.94. The molecule has 0 amide bonds. The Hall–Kier alpha value is -0.120. The van der Waals surface area contributed by atoms with Crippen molar-refractivity contribution in [1.29, 1.82) is 0 Å². The van der Waals surface area contributed by atoms with Crippen molar-refractivity contribution in [2.45, 2.75) is 51.5 Å². The van der Waals surface area contributed by atoms with Crippen LogP contribution in [-0.2, 0) is 4.74 Å². The fourth-order valence-electron chi connectivity index (χ4n) is 2.30. The van der Waals surface area contributed by atoms with Crippen LogP contribution < -0.4 is 5.32 Å². The SMILES string of the molecule is CCCNC(CCO)COCC1CCCC1. The molecular formula is C13H27NO2. The average molecular weight is 229 g/mol. The van der Waals surface area contributed by atoms with Crippen LogP contribution >= 0.6 is 0 Å². The first-order valence-corrected chi connectivity index (χ1v) is 6.78. The standard InChI is InChI=1S/C13H27NO2/c1-2-8-14-13(7-9-15)11-16-10-12-5-3-4-6-12/h12-15H,2-11H2,1H3. The lowest BCUT2D eigenvalue weighted by atomic mass is 10.1. The third-order valence-electron chi connectivity index (χ3n) is 3.31. The van der Waals surface area contributed by atoms with Gasteiger partial charge in [0.2, 0.25) is 0 Å². The van der Waals surface area contributed by atoms with Gasteiger partial charge in [-0.25, -0.2) is 0 Å². The molecule has 1 aliphatic carbocycles. The molecule has 1 atom stereocenters. The fourth-order valence-corrected chi connectivity index (χ4v) is 2.30. The number of nitrogens with one attached hydrogen (secondary N) is 1. The summed E-state index contributed by atoms with van der Waals surface area (Å²) in [5.41, 5.74) is 0. The minimum absolute atomic E-state index is 0.244. The Labute approximate surface area is 99.6 Å². The predicted molar refractivity (Wildman–Crippen MR) is 66.6 cm³/mol. The van der Waals surface area contributed by atoms with E-state index in [1.54, 1.807) is 0 Å². The van der Waals surface area contributed by atoms with E-state index >= 15 is 0 Å². The highest BCUT2D eigenvalue weighted by Gasteiger charge is 2.15. The molecule has 0 radical (unpaired) electrons. The normalized spacial score (nSPS) is 19.1. The Morgan fingerprint density at radius 3 is 2.75 bits per heavy atom. The Morgan fingerprint density at radius 2 is 2.12 bits per heavy atom. The smallest absolute Gasteiger partial charge is 0.0620 e. The van der Waals surface area contributed by atoms with E-state index in [4.69, 9.17) is 9.84 Å². The van der Waals surface area contributed by atoms with Gasteiger partial charge in [0, 0.05) is 19.3 Å². The van der Waals surface area contributed by atoms with Gasteiger partial charge in [-0.05, 0) is 38.1 Å². The number of hydrogen-bond donors (Lipinski definition) is 2. The minimum Gasteiger partial charge on any atom is -0.396 e. The van der Waals surface area contributed by atoms with E-state index in [1.807, 2.05) is 0 Å². The Morgan fingerprint density at radius 1 is 1.38 bits per heavy atom. The molecule has 0 spiro atoms. The van der Waals surface area contributed by atoms with Crippen LogP contribution in [0.15, 0.2) is 0 Å². The monoisotopic (exact) mass is 229 g/mol. The number of hydrogen-bond acceptors (Lipinski definition) is 3. The Balaban J connectivity index is 2.05. The lowest BCUT2D eigenvalue weighted by molar-refractivity contribution is 0.0762. The Kier molecular flexibility index (Phi) is 7.81. The van der Waals surface area contributed by atoms with Crippen molar-refractivity contribution in [1.82, 2.24) is 5.32 Å². The van der Waals surface area contributed by atoms with Gasteiger partial charge in [-0.15, -0.1) is 0 Å². The quantitative estimate of drug-likeness (QED) is 0.635. The summed E-state index contributed by atoms with van der Waals surface area (Å²) in [5, 5.41) is 12.4. The summed E-state index contributed by atoms with van der Waals surface area (Å²) in [6, 6.07) is 0.325. The summed E-state index contributed by atoms with van der Waals surface area (Å²) < 4.78 is 5.76.